The van der Waals surface area contributed by atoms with Gasteiger partial charge in [-0.3, -0.25) is 4.79 Å². The van der Waals surface area contributed by atoms with Crippen LogP contribution >= 0.6 is 0 Å². The van der Waals surface area contributed by atoms with E-state index in [1.54, 1.807) is 18.0 Å². The van der Waals surface area contributed by atoms with E-state index in [9.17, 15) is 9.59 Å². The van der Waals surface area contributed by atoms with Crippen molar-refractivity contribution in [3.63, 3.8) is 0 Å². The molecule has 4 heteroatoms. The summed E-state index contributed by atoms with van der Waals surface area (Å²) in [6, 6.07) is 7.50. The maximum atomic E-state index is 12.1. The van der Waals surface area contributed by atoms with Gasteiger partial charge in [-0.1, -0.05) is 45.0 Å². The first-order valence-corrected chi connectivity index (χ1v) is 6.91. The van der Waals surface area contributed by atoms with E-state index < -0.39 is 5.97 Å². The number of hydrogen-bond donors (Lipinski definition) is 1. The molecule has 1 amide bonds. The quantitative estimate of drug-likeness (QED) is 0.847. The van der Waals surface area contributed by atoms with Crippen LogP contribution in [0.3, 0.4) is 0 Å². The summed E-state index contributed by atoms with van der Waals surface area (Å²) < 4.78 is 0. The molecule has 0 radical (unpaired) electrons. The van der Waals surface area contributed by atoms with Crippen molar-refractivity contribution in [1.82, 2.24) is 4.90 Å². The highest BCUT2D eigenvalue weighted by Crippen LogP contribution is 2.20. The van der Waals surface area contributed by atoms with E-state index >= 15 is 0 Å². The first kappa shape index (κ1) is 17.0. The largest absolute Gasteiger partial charge is 0.478 e. The van der Waals surface area contributed by atoms with Crippen LogP contribution < -0.4 is 0 Å². The molecule has 0 atom stereocenters. The second-order valence-electron chi connectivity index (χ2n) is 6.40. The van der Waals surface area contributed by atoms with Gasteiger partial charge in [-0.2, -0.15) is 0 Å². The van der Waals surface area contributed by atoms with Crippen LogP contribution in [0.4, 0.5) is 0 Å². The van der Waals surface area contributed by atoms with Crippen molar-refractivity contribution in [2.45, 2.75) is 33.7 Å². The summed E-state index contributed by atoms with van der Waals surface area (Å²) in [6.07, 6.45) is 3.16. The van der Waals surface area contributed by atoms with Gasteiger partial charge in [0.05, 0.1) is 0 Å². The maximum Gasteiger partial charge on any atom is 0.328 e. The fourth-order valence-electron chi connectivity index (χ4n) is 1.85. The molecule has 0 saturated carbocycles. The molecule has 1 aromatic rings. The minimum atomic E-state index is -0.966. The summed E-state index contributed by atoms with van der Waals surface area (Å²) in [5.41, 5.74) is 1.83. The minimum absolute atomic E-state index is 0.0170. The van der Waals surface area contributed by atoms with Gasteiger partial charge in [0.25, 0.3) is 0 Å². The Morgan fingerprint density at radius 2 is 1.76 bits per heavy atom. The van der Waals surface area contributed by atoms with Crippen molar-refractivity contribution in [2.24, 2.45) is 5.41 Å². The predicted octanol–water partition coefficient (Wildman–Crippen LogP) is 3.18. The molecular formula is C17H23NO3. The number of rotatable bonds is 5. The number of nitrogens with zero attached hydrogens (tertiary/aromatic N) is 1. The third-order valence-electron chi connectivity index (χ3n) is 2.93. The number of carboxylic acid groups (broad SMARTS) is 1. The van der Waals surface area contributed by atoms with Gasteiger partial charge in [0.1, 0.15) is 0 Å². The highest BCUT2D eigenvalue weighted by molar-refractivity contribution is 5.85. The molecule has 1 aromatic carbocycles. The van der Waals surface area contributed by atoms with Crippen LogP contribution in [0.15, 0.2) is 30.3 Å². The van der Waals surface area contributed by atoms with Gasteiger partial charge in [0, 0.05) is 26.1 Å². The zero-order valence-electron chi connectivity index (χ0n) is 13.1. The maximum absolute atomic E-state index is 12.1. The molecule has 0 fully saturated rings. The summed E-state index contributed by atoms with van der Waals surface area (Å²) in [7, 11) is 1.80. The van der Waals surface area contributed by atoms with Crippen molar-refractivity contribution in [3.05, 3.63) is 41.5 Å². The molecule has 1 rings (SSSR count). The molecular weight excluding hydrogens is 266 g/mol. The topological polar surface area (TPSA) is 57.6 Å². The summed E-state index contributed by atoms with van der Waals surface area (Å²) in [5, 5.41) is 8.57. The normalized spacial score (nSPS) is 11.6. The lowest BCUT2D eigenvalue weighted by Gasteiger charge is -2.23. The number of carbonyl (C=O) groups is 2. The van der Waals surface area contributed by atoms with Crippen molar-refractivity contribution in [1.29, 1.82) is 0 Å². The van der Waals surface area contributed by atoms with Crippen LogP contribution in [0.2, 0.25) is 0 Å². The molecule has 0 aromatic heterocycles. The Hall–Kier alpha value is -2.10. The second-order valence-corrected chi connectivity index (χ2v) is 6.40. The molecule has 4 nitrogen and oxygen atoms in total. The highest BCUT2D eigenvalue weighted by atomic mass is 16.4. The molecule has 0 aliphatic rings. The van der Waals surface area contributed by atoms with E-state index in [1.807, 2.05) is 45.0 Å². The first-order chi connectivity index (χ1) is 9.67. The molecule has 21 heavy (non-hydrogen) atoms. The summed E-state index contributed by atoms with van der Waals surface area (Å²) in [4.78, 5) is 24.2. The van der Waals surface area contributed by atoms with E-state index in [-0.39, 0.29) is 11.3 Å². The van der Waals surface area contributed by atoms with E-state index in [4.69, 9.17) is 5.11 Å². The Kier molecular flexibility index (Phi) is 5.70. The SMILES string of the molecule is CN(Cc1ccc(C=CC(=O)O)cc1)C(=O)CC(C)(C)C. The standard InChI is InChI=1S/C17H23NO3/c1-17(2,3)11-15(19)18(4)12-14-7-5-13(6-8-14)9-10-16(20)21/h5-10H,11-12H2,1-4H3,(H,20,21). The zero-order valence-corrected chi connectivity index (χ0v) is 13.1. The summed E-state index contributed by atoms with van der Waals surface area (Å²) in [5.74, 6) is -0.844. The van der Waals surface area contributed by atoms with Gasteiger partial charge < -0.3 is 10.0 Å². The van der Waals surface area contributed by atoms with Crippen molar-refractivity contribution in [3.8, 4) is 0 Å². The first-order valence-electron chi connectivity index (χ1n) is 6.91. The lowest BCUT2D eigenvalue weighted by Crippen LogP contribution is -2.29. The third-order valence-corrected chi connectivity index (χ3v) is 2.93. The van der Waals surface area contributed by atoms with Gasteiger partial charge >= 0.3 is 5.97 Å². The van der Waals surface area contributed by atoms with Crippen LogP contribution in [0, 0.1) is 5.41 Å². The van der Waals surface area contributed by atoms with Crippen LogP contribution in [0.5, 0.6) is 0 Å². The molecule has 0 heterocycles. The van der Waals surface area contributed by atoms with Crippen LogP contribution in [0.1, 0.15) is 38.3 Å². The molecule has 0 aliphatic carbocycles. The number of carboxylic acids is 1. The molecule has 0 saturated heterocycles. The molecule has 0 unspecified atom stereocenters. The number of amides is 1. The fraction of sp³-hybridized carbons (Fsp3) is 0.412. The van der Waals surface area contributed by atoms with Crippen molar-refractivity contribution >= 4 is 18.0 Å². The Labute approximate surface area is 126 Å². The average molecular weight is 289 g/mol. The fourth-order valence-corrected chi connectivity index (χ4v) is 1.85. The van der Waals surface area contributed by atoms with E-state index in [0.29, 0.717) is 13.0 Å². The van der Waals surface area contributed by atoms with Gasteiger partial charge in [-0.05, 0) is 22.6 Å². The molecule has 1 N–H and O–H groups in total. The van der Waals surface area contributed by atoms with E-state index in [2.05, 4.69) is 0 Å². The highest BCUT2D eigenvalue weighted by Gasteiger charge is 2.18. The Bertz CT molecular complexity index is 524. The lowest BCUT2D eigenvalue weighted by molar-refractivity contribution is -0.132. The van der Waals surface area contributed by atoms with Crippen LogP contribution in [0.25, 0.3) is 6.08 Å². The molecule has 0 spiro atoms. The second kappa shape index (κ2) is 7.07. The average Bonchev–Trinajstić information content (AvgIpc) is 2.35. The summed E-state index contributed by atoms with van der Waals surface area (Å²) in [6.45, 7) is 6.69. The molecule has 114 valence electrons. The third kappa shape index (κ3) is 6.75. The van der Waals surface area contributed by atoms with E-state index in [1.165, 1.54) is 0 Å². The van der Waals surface area contributed by atoms with Gasteiger partial charge in [0.15, 0.2) is 0 Å². The predicted molar refractivity (Wildman–Crippen MR) is 83.7 cm³/mol. The van der Waals surface area contributed by atoms with Gasteiger partial charge in [0.2, 0.25) is 5.91 Å². The number of hydrogen-bond acceptors (Lipinski definition) is 2. The Balaban J connectivity index is 2.63. The van der Waals surface area contributed by atoms with Crippen molar-refractivity contribution in [2.75, 3.05) is 7.05 Å². The Morgan fingerprint density at radius 1 is 1.19 bits per heavy atom. The van der Waals surface area contributed by atoms with Gasteiger partial charge in [-0.25, -0.2) is 4.79 Å². The van der Waals surface area contributed by atoms with Gasteiger partial charge in [-0.15, -0.1) is 0 Å². The Morgan fingerprint density at radius 3 is 2.24 bits per heavy atom. The van der Waals surface area contributed by atoms with Crippen molar-refractivity contribution < 1.29 is 14.7 Å². The zero-order chi connectivity index (χ0) is 16.0. The van der Waals surface area contributed by atoms with E-state index in [0.717, 1.165) is 17.2 Å². The lowest BCUT2D eigenvalue weighted by atomic mass is 9.91. The summed E-state index contributed by atoms with van der Waals surface area (Å²) >= 11 is 0. The van der Waals surface area contributed by atoms with Crippen LogP contribution in [-0.4, -0.2) is 28.9 Å². The molecule has 0 aliphatic heterocycles. The number of aliphatic carboxylic acids is 1. The minimum Gasteiger partial charge on any atom is -0.478 e. The molecule has 0 bridgehead atoms. The smallest absolute Gasteiger partial charge is 0.328 e. The number of carbonyl (C=O) groups excluding carboxylic acids is 1. The van der Waals surface area contributed by atoms with Crippen LogP contribution in [-0.2, 0) is 16.1 Å². The number of benzene rings is 1. The monoisotopic (exact) mass is 289 g/mol.